The van der Waals surface area contributed by atoms with Crippen LogP contribution in [0.3, 0.4) is 0 Å². The Hall–Kier alpha value is -1.02. The Bertz CT molecular complexity index is 201. The molecule has 0 aromatic heterocycles. The summed E-state index contributed by atoms with van der Waals surface area (Å²) in [5.74, 6) is 0.199. The lowest BCUT2D eigenvalue weighted by Gasteiger charge is -2.02. The van der Waals surface area contributed by atoms with E-state index in [4.69, 9.17) is 10.2 Å². The Labute approximate surface area is 59.7 Å². The van der Waals surface area contributed by atoms with Crippen LogP contribution in [0, 0.1) is 6.92 Å². The van der Waals surface area contributed by atoms with E-state index >= 15 is 0 Å². The van der Waals surface area contributed by atoms with E-state index in [9.17, 15) is 0 Å². The molecule has 0 fully saturated rings. The van der Waals surface area contributed by atoms with E-state index < -0.39 is 6.10 Å². The van der Waals surface area contributed by atoms with Crippen LogP contribution in [0.15, 0.2) is 24.3 Å². The van der Waals surface area contributed by atoms with E-state index in [1.165, 1.54) is 12.1 Å². The van der Waals surface area contributed by atoms with Gasteiger partial charge in [0.2, 0.25) is 0 Å². The fourth-order valence-electron chi connectivity index (χ4n) is 0.696. The number of hydrogen-bond acceptors (Lipinski definition) is 2. The van der Waals surface area contributed by atoms with Crippen molar-refractivity contribution in [1.29, 1.82) is 0 Å². The van der Waals surface area contributed by atoms with E-state index in [1.807, 2.05) is 0 Å². The second-order valence-electron chi connectivity index (χ2n) is 2.11. The van der Waals surface area contributed by atoms with E-state index in [0.717, 1.165) is 0 Å². The average Bonchev–Trinajstić information content (AvgIpc) is 1.88. The molecule has 0 aliphatic rings. The highest BCUT2D eigenvalue weighted by molar-refractivity contribution is 5.27. The zero-order chi connectivity index (χ0) is 7.56. The Morgan fingerprint density at radius 1 is 1.20 bits per heavy atom. The van der Waals surface area contributed by atoms with Crippen molar-refractivity contribution in [3.63, 3.8) is 0 Å². The minimum atomic E-state index is -0.708. The molecule has 1 unspecified atom stereocenters. The summed E-state index contributed by atoms with van der Waals surface area (Å²) in [6.45, 7) is 3.41. The number of phenolic OH excluding ortho intramolecular Hbond substituents is 1. The second kappa shape index (κ2) is 2.71. The predicted octanol–water partition coefficient (Wildman–Crippen LogP) is 1.26. The van der Waals surface area contributed by atoms with Gasteiger partial charge in [0.15, 0.2) is 0 Å². The first-order valence-electron chi connectivity index (χ1n) is 3.00. The zero-order valence-corrected chi connectivity index (χ0v) is 5.49. The van der Waals surface area contributed by atoms with Gasteiger partial charge >= 0.3 is 0 Å². The van der Waals surface area contributed by atoms with Gasteiger partial charge in [-0.15, -0.1) is 0 Å². The quantitative estimate of drug-likeness (QED) is 0.611. The number of aliphatic hydroxyl groups excluding tert-OH is 1. The van der Waals surface area contributed by atoms with Crippen molar-refractivity contribution in [3.8, 4) is 5.75 Å². The van der Waals surface area contributed by atoms with Gasteiger partial charge in [0, 0.05) is 0 Å². The molecule has 53 valence electrons. The minimum Gasteiger partial charge on any atom is -0.508 e. The molecule has 0 saturated carbocycles. The Morgan fingerprint density at radius 3 is 2.10 bits per heavy atom. The number of hydrogen-bond donors (Lipinski definition) is 2. The molecule has 2 nitrogen and oxygen atoms in total. The molecule has 1 atom stereocenters. The third-order valence-electron chi connectivity index (χ3n) is 1.28. The maximum atomic E-state index is 8.92. The van der Waals surface area contributed by atoms with E-state index in [2.05, 4.69) is 6.92 Å². The number of aliphatic hydroxyl groups is 1. The van der Waals surface area contributed by atoms with E-state index in [0.29, 0.717) is 5.56 Å². The lowest BCUT2D eigenvalue weighted by Crippen LogP contribution is -1.88. The van der Waals surface area contributed by atoms with Crippen LogP contribution in [0.25, 0.3) is 0 Å². The van der Waals surface area contributed by atoms with Gasteiger partial charge in [-0.3, -0.25) is 0 Å². The molecular formula is C8H9O2. The normalized spacial score (nSPS) is 13.0. The number of benzene rings is 1. The number of rotatable bonds is 1. The molecule has 1 rings (SSSR count). The highest BCUT2D eigenvalue weighted by atomic mass is 16.3. The van der Waals surface area contributed by atoms with Crippen molar-refractivity contribution < 1.29 is 10.2 Å². The van der Waals surface area contributed by atoms with Gasteiger partial charge in [-0.05, 0) is 24.6 Å². The highest BCUT2D eigenvalue weighted by Crippen LogP contribution is 2.14. The fourth-order valence-corrected chi connectivity index (χ4v) is 0.696. The molecule has 0 heterocycles. The van der Waals surface area contributed by atoms with Gasteiger partial charge in [0.05, 0.1) is 6.10 Å². The van der Waals surface area contributed by atoms with Crippen LogP contribution in [0.2, 0.25) is 0 Å². The molecule has 0 saturated heterocycles. The first-order chi connectivity index (χ1) is 4.70. The first kappa shape index (κ1) is 7.09. The molecular weight excluding hydrogens is 128 g/mol. The molecule has 2 N–H and O–H groups in total. The zero-order valence-electron chi connectivity index (χ0n) is 5.49. The number of aromatic hydroxyl groups is 1. The summed E-state index contributed by atoms with van der Waals surface area (Å²) in [4.78, 5) is 0. The molecule has 0 spiro atoms. The van der Waals surface area contributed by atoms with Crippen molar-refractivity contribution in [2.45, 2.75) is 6.10 Å². The van der Waals surface area contributed by atoms with Gasteiger partial charge in [-0.1, -0.05) is 12.1 Å². The lowest BCUT2D eigenvalue weighted by atomic mass is 10.1. The van der Waals surface area contributed by atoms with Crippen molar-refractivity contribution in [1.82, 2.24) is 0 Å². The monoisotopic (exact) mass is 137 g/mol. The lowest BCUT2D eigenvalue weighted by molar-refractivity contribution is 0.226. The van der Waals surface area contributed by atoms with Crippen LogP contribution < -0.4 is 0 Å². The van der Waals surface area contributed by atoms with Crippen molar-refractivity contribution in [2.24, 2.45) is 0 Å². The molecule has 0 amide bonds. The molecule has 10 heavy (non-hydrogen) atoms. The van der Waals surface area contributed by atoms with Crippen molar-refractivity contribution in [3.05, 3.63) is 36.8 Å². The summed E-state index contributed by atoms with van der Waals surface area (Å²) in [5, 5.41) is 17.8. The van der Waals surface area contributed by atoms with Gasteiger partial charge in [0.25, 0.3) is 0 Å². The molecule has 0 aliphatic heterocycles. The second-order valence-corrected chi connectivity index (χ2v) is 2.11. The molecule has 1 radical (unpaired) electrons. The fraction of sp³-hybridized carbons (Fsp3) is 0.125. The van der Waals surface area contributed by atoms with Crippen LogP contribution in [0.1, 0.15) is 11.7 Å². The number of phenols is 1. The molecule has 0 bridgehead atoms. The predicted molar refractivity (Wildman–Crippen MR) is 38.4 cm³/mol. The van der Waals surface area contributed by atoms with Gasteiger partial charge in [-0.2, -0.15) is 0 Å². The Balaban J connectivity index is 2.89. The third kappa shape index (κ3) is 1.48. The smallest absolute Gasteiger partial charge is 0.115 e. The third-order valence-corrected chi connectivity index (χ3v) is 1.28. The van der Waals surface area contributed by atoms with Gasteiger partial charge in [0.1, 0.15) is 5.75 Å². The molecule has 2 heteroatoms. The summed E-state index contributed by atoms with van der Waals surface area (Å²) in [6, 6.07) is 6.30. The topological polar surface area (TPSA) is 40.5 Å². The van der Waals surface area contributed by atoms with Crippen molar-refractivity contribution >= 4 is 0 Å². The van der Waals surface area contributed by atoms with E-state index in [-0.39, 0.29) is 5.75 Å². The van der Waals surface area contributed by atoms with Crippen LogP contribution in [-0.4, -0.2) is 10.2 Å². The SMILES string of the molecule is [CH2]C(O)c1ccc(O)cc1. The molecule has 1 aromatic rings. The van der Waals surface area contributed by atoms with Crippen LogP contribution in [-0.2, 0) is 0 Å². The summed E-state index contributed by atoms with van der Waals surface area (Å²) in [7, 11) is 0. The molecule has 1 aromatic carbocycles. The Kier molecular flexibility index (Phi) is 1.92. The maximum absolute atomic E-state index is 8.92. The van der Waals surface area contributed by atoms with Gasteiger partial charge < -0.3 is 10.2 Å². The minimum absolute atomic E-state index is 0.199. The summed E-state index contributed by atoms with van der Waals surface area (Å²) < 4.78 is 0. The average molecular weight is 137 g/mol. The van der Waals surface area contributed by atoms with Crippen molar-refractivity contribution in [2.75, 3.05) is 0 Å². The summed E-state index contributed by atoms with van der Waals surface area (Å²) in [6.07, 6.45) is -0.708. The standard InChI is InChI=1S/C8H9O2/c1-6(9)7-2-4-8(10)5-3-7/h2-6,9-10H,1H2. The first-order valence-corrected chi connectivity index (χ1v) is 3.00. The largest absolute Gasteiger partial charge is 0.508 e. The highest BCUT2D eigenvalue weighted by Gasteiger charge is 1.98. The van der Waals surface area contributed by atoms with Crippen LogP contribution in [0.4, 0.5) is 0 Å². The Morgan fingerprint density at radius 2 is 1.70 bits per heavy atom. The summed E-state index contributed by atoms with van der Waals surface area (Å²) in [5.41, 5.74) is 0.706. The van der Waals surface area contributed by atoms with E-state index in [1.54, 1.807) is 12.1 Å². The van der Waals surface area contributed by atoms with Crippen LogP contribution in [0.5, 0.6) is 5.75 Å². The molecule has 0 aliphatic carbocycles. The summed E-state index contributed by atoms with van der Waals surface area (Å²) >= 11 is 0. The van der Waals surface area contributed by atoms with Crippen LogP contribution >= 0.6 is 0 Å². The van der Waals surface area contributed by atoms with Gasteiger partial charge in [-0.25, -0.2) is 0 Å². The maximum Gasteiger partial charge on any atom is 0.115 e.